The van der Waals surface area contributed by atoms with Crippen LogP contribution in [-0.2, 0) is 16.0 Å². The van der Waals surface area contributed by atoms with Crippen LogP contribution in [0, 0.1) is 5.92 Å². The van der Waals surface area contributed by atoms with E-state index in [4.69, 9.17) is 5.73 Å². The highest BCUT2D eigenvalue weighted by atomic mass is 16.2. The van der Waals surface area contributed by atoms with Gasteiger partial charge in [0.1, 0.15) is 6.04 Å². The molecule has 112 valence electrons. The number of nitrogens with zero attached hydrogens (tertiary/aromatic N) is 2. The summed E-state index contributed by atoms with van der Waals surface area (Å²) in [5, 5.41) is 0. The van der Waals surface area contributed by atoms with Gasteiger partial charge in [0.05, 0.1) is 5.92 Å². The molecule has 21 heavy (non-hydrogen) atoms. The molecule has 5 nitrogen and oxygen atoms in total. The second-order valence-corrected chi connectivity index (χ2v) is 5.99. The molecule has 1 fully saturated rings. The molecule has 0 bridgehead atoms. The minimum atomic E-state index is -0.296. The lowest BCUT2D eigenvalue weighted by molar-refractivity contribution is -0.136. The number of benzene rings is 1. The number of hydrogen-bond acceptors (Lipinski definition) is 3. The van der Waals surface area contributed by atoms with Crippen molar-refractivity contribution in [2.24, 2.45) is 11.7 Å². The Morgan fingerprint density at radius 3 is 2.76 bits per heavy atom. The van der Waals surface area contributed by atoms with Gasteiger partial charge in [0.2, 0.25) is 11.8 Å². The molecule has 5 heteroatoms. The van der Waals surface area contributed by atoms with Gasteiger partial charge in [-0.15, -0.1) is 0 Å². The number of likely N-dealkylation sites (tertiary alicyclic amines) is 1. The average molecular weight is 287 g/mol. The number of carbonyl (C=O) groups excluding carboxylic acids is 2. The van der Waals surface area contributed by atoms with Crippen LogP contribution in [0.3, 0.4) is 0 Å². The van der Waals surface area contributed by atoms with Crippen LogP contribution in [0.1, 0.15) is 18.4 Å². The fourth-order valence-electron chi connectivity index (χ4n) is 3.41. The molecule has 2 aliphatic rings. The first-order chi connectivity index (χ1) is 10.1. The molecular weight excluding hydrogens is 266 g/mol. The largest absolute Gasteiger partial charge is 0.369 e. The van der Waals surface area contributed by atoms with Crippen LogP contribution in [-0.4, -0.2) is 42.9 Å². The van der Waals surface area contributed by atoms with Crippen molar-refractivity contribution in [3.63, 3.8) is 0 Å². The third-order valence-electron chi connectivity index (χ3n) is 4.67. The number of anilines is 1. The summed E-state index contributed by atoms with van der Waals surface area (Å²) in [5.41, 5.74) is 7.73. The Balaban J connectivity index is 1.73. The topological polar surface area (TPSA) is 66.6 Å². The zero-order valence-corrected chi connectivity index (χ0v) is 12.3. The van der Waals surface area contributed by atoms with Gasteiger partial charge in [-0.25, -0.2) is 0 Å². The SMILES string of the molecule is CN1c2ccccc2C[C@@H]1C(=O)N1CCC[C@H](C(N)=O)C1. The van der Waals surface area contributed by atoms with Crippen molar-refractivity contribution in [1.29, 1.82) is 0 Å². The molecule has 0 unspecified atom stereocenters. The maximum atomic E-state index is 12.8. The van der Waals surface area contributed by atoms with E-state index in [1.165, 1.54) is 5.56 Å². The Bertz CT molecular complexity index is 572. The second-order valence-electron chi connectivity index (χ2n) is 5.99. The molecule has 2 N–H and O–H groups in total. The van der Waals surface area contributed by atoms with E-state index in [1.807, 2.05) is 35.0 Å². The van der Waals surface area contributed by atoms with Gasteiger partial charge in [0.25, 0.3) is 0 Å². The summed E-state index contributed by atoms with van der Waals surface area (Å²) in [6.45, 7) is 1.19. The number of para-hydroxylation sites is 1. The number of hydrogen-bond donors (Lipinski definition) is 1. The summed E-state index contributed by atoms with van der Waals surface area (Å²) < 4.78 is 0. The molecule has 2 atom stereocenters. The second kappa shape index (κ2) is 5.39. The summed E-state index contributed by atoms with van der Waals surface area (Å²) in [5.74, 6) is -0.382. The van der Waals surface area contributed by atoms with Crippen LogP contribution in [0.5, 0.6) is 0 Å². The Hall–Kier alpha value is -2.04. The Morgan fingerprint density at radius 1 is 1.29 bits per heavy atom. The Kier molecular flexibility index (Phi) is 3.57. The number of primary amides is 1. The standard InChI is InChI=1S/C16H21N3O2/c1-18-13-7-3-2-5-11(13)9-14(18)16(21)19-8-4-6-12(10-19)15(17)20/h2-3,5,7,12,14H,4,6,8-10H2,1H3,(H2,17,20)/t12-,14+/m0/s1. The van der Waals surface area contributed by atoms with E-state index in [-0.39, 0.29) is 23.8 Å². The maximum Gasteiger partial charge on any atom is 0.245 e. The van der Waals surface area contributed by atoms with Crippen molar-refractivity contribution >= 4 is 17.5 Å². The summed E-state index contributed by atoms with van der Waals surface area (Å²) in [6.07, 6.45) is 2.38. The molecule has 1 aromatic carbocycles. The van der Waals surface area contributed by atoms with Crippen LogP contribution in [0.4, 0.5) is 5.69 Å². The lowest BCUT2D eigenvalue weighted by Crippen LogP contribution is -2.51. The van der Waals surface area contributed by atoms with Crippen LogP contribution < -0.4 is 10.6 Å². The molecule has 2 heterocycles. The molecule has 2 aliphatic heterocycles. The summed E-state index contributed by atoms with van der Waals surface area (Å²) in [4.78, 5) is 28.0. The zero-order chi connectivity index (χ0) is 15.0. The molecule has 2 amide bonds. The van der Waals surface area contributed by atoms with Crippen LogP contribution in [0.2, 0.25) is 0 Å². The lowest BCUT2D eigenvalue weighted by atomic mass is 9.96. The molecule has 0 aromatic heterocycles. The van der Waals surface area contributed by atoms with E-state index >= 15 is 0 Å². The number of carbonyl (C=O) groups is 2. The number of piperidine rings is 1. The fourth-order valence-corrected chi connectivity index (χ4v) is 3.41. The lowest BCUT2D eigenvalue weighted by Gasteiger charge is -2.34. The van der Waals surface area contributed by atoms with Crippen molar-refractivity contribution < 1.29 is 9.59 Å². The van der Waals surface area contributed by atoms with Gasteiger partial charge in [-0.2, -0.15) is 0 Å². The van der Waals surface area contributed by atoms with Gasteiger partial charge in [0, 0.05) is 32.2 Å². The molecule has 1 aromatic rings. The highest BCUT2D eigenvalue weighted by Gasteiger charge is 2.36. The van der Waals surface area contributed by atoms with E-state index in [1.54, 1.807) is 0 Å². The van der Waals surface area contributed by atoms with E-state index in [2.05, 4.69) is 6.07 Å². The molecule has 0 radical (unpaired) electrons. The molecule has 3 rings (SSSR count). The minimum Gasteiger partial charge on any atom is -0.369 e. The number of rotatable bonds is 2. The van der Waals surface area contributed by atoms with Gasteiger partial charge in [0.15, 0.2) is 0 Å². The smallest absolute Gasteiger partial charge is 0.245 e. The molecule has 0 spiro atoms. The molecular formula is C16H21N3O2. The first-order valence-corrected chi connectivity index (χ1v) is 7.47. The Labute approximate surface area is 124 Å². The fraction of sp³-hybridized carbons (Fsp3) is 0.500. The van der Waals surface area contributed by atoms with Crippen molar-refractivity contribution in [1.82, 2.24) is 4.90 Å². The first-order valence-electron chi connectivity index (χ1n) is 7.47. The van der Waals surface area contributed by atoms with Crippen molar-refractivity contribution in [3.8, 4) is 0 Å². The van der Waals surface area contributed by atoms with Crippen LogP contribution in [0.25, 0.3) is 0 Å². The number of amides is 2. The van der Waals surface area contributed by atoms with E-state index in [9.17, 15) is 9.59 Å². The van der Waals surface area contributed by atoms with Gasteiger partial charge in [-0.05, 0) is 24.5 Å². The molecule has 1 saturated heterocycles. The van der Waals surface area contributed by atoms with E-state index in [0.29, 0.717) is 6.54 Å². The van der Waals surface area contributed by atoms with Gasteiger partial charge < -0.3 is 15.5 Å². The maximum absolute atomic E-state index is 12.8. The average Bonchev–Trinajstić information content (AvgIpc) is 2.84. The summed E-state index contributed by atoms with van der Waals surface area (Å²) >= 11 is 0. The van der Waals surface area contributed by atoms with Crippen molar-refractivity contribution in [2.45, 2.75) is 25.3 Å². The number of fused-ring (bicyclic) bond motifs is 1. The van der Waals surface area contributed by atoms with E-state index < -0.39 is 0 Å². The number of nitrogens with two attached hydrogens (primary N) is 1. The Morgan fingerprint density at radius 2 is 2.05 bits per heavy atom. The normalized spacial score (nSPS) is 24.8. The first kappa shape index (κ1) is 13.9. The highest BCUT2D eigenvalue weighted by molar-refractivity contribution is 5.89. The van der Waals surface area contributed by atoms with Crippen LogP contribution in [0.15, 0.2) is 24.3 Å². The monoisotopic (exact) mass is 287 g/mol. The highest BCUT2D eigenvalue weighted by Crippen LogP contribution is 2.31. The van der Waals surface area contributed by atoms with Gasteiger partial charge in [-0.1, -0.05) is 18.2 Å². The molecule has 0 saturated carbocycles. The zero-order valence-electron chi connectivity index (χ0n) is 12.3. The van der Waals surface area contributed by atoms with Crippen molar-refractivity contribution in [3.05, 3.63) is 29.8 Å². The van der Waals surface area contributed by atoms with Gasteiger partial charge in [-0.3, -0.25) is 9.59 Å². The quantitative estimate of drug-likeness (QED) is 0.874. The van der Waals surface area contributed by atoms with Crippen molar-refractivity contribution in [2.75, 3.05) is 25.0 Å². The number of likely N-dealkylation sites (N-methyl/N-ethyl adjacent to an activating group) is 1. The third-order valence-corrected chi connectivity index (χ3v) is 4.67. The molecule has 0 aliphatic carbocycles. The minimum absolute atomic E-state index is 0.111. The van der Waals surface area contributed by atoms with Crippen LogP contribution >= 0.6 is 0 Å². The predicted octanol–water partition coefficient (Wildman–Crippen LogP) is 0.771. The van der Waals surface area contributed by atoms with Gasteiger partial charge >= 0.3 is 0 Å². The predicted molar refractivity (Wildman–Crippen MR) is 80.8 cm³/mol. The third kappa shape index (κ3) is 2.48. The van der Waals surface area contributed by atoms with E-state index in [0.717, 1.165) is 31.5 Å². The summed E-state index contributed by atoms with van der Waals surface area (Å²) in [7, 11) is 1.96. The summed E-state index contributed by atoms with van der Waals surface area (Å²) in [6, 6.07) is 7.96.